The van der Waals surface area contributed by atoms with E-state index in [-0.39, 0.29) is 31.2 Å². The van der Waals surface area contributed by atoms with Crippen LogP contribution in [0.2, 0.25) is 0 Å². The van der Waals surface area contributed by atoms with Crippen molar-refractivity contribution < 1.29 is 14.4 Å². The topological polar surface area (TPSA) is 116 Å². The first kappa shape index (κ1) is 16.0. The standard InChI is InChI=1S/C16H19N5O3/c1-8-3-4-10-14(9(8)2)20-12(18-10)7-17-15(23)11-5-6-13(22)21-16(24)19-11/h3-4,11H,5-7H2,1-2H3,(H,17,23)(H,18,20)(H2,19,21,22,24). The average Bonchev–Trinajstić information content (AvgIpc) is 2.88. The van der Waals surface area contributed by atoms with E-state index in [9.17, 15) is 14.4 Å². The molecule has 4 amide bonds. The molecule has 0 bridgehead atoms. The van der Waals surface area contributed by atoms with Gasteiger partial charge in [-0.15, -0.1) is 0 Å². The summed E-state index contributed by atoms with van der Waals surface area (Å²) in [5.41, 5.74) is 4.06. The quantitative estimate of drug-likeness (QED) is 0.666. The Morgan fingerprint density at radius 1 is 1.33 bits per heavy atom. The largest absolute Gasteiger partial charge is 0.347 e. The summed E-state index contributed by atoms with van der Waals surface area (Å²) in [4.78, 5) is 42.6. The van der Waals surface area contributed by atoms with Crippen molar-refractivity contribution in [3.63, 3.8) is 0 Å². The maximum Gasteiger partial charge on any atom is 0.322 e. The molecule has 2 heterocycles. The van der Waals surface area contributed by atoms with E-state index in [0.29, 0.717) is 5.82 Å². The number of amides is 4. The second-order valence-corrected chi connectivity index (χ2v) is 5.92. The molecule has 3 rings (SSSR count). The van der Waals surface area contributed by atoms with Crippen LogP contribution in [0.5, 0.6) is 0 Å². The summed E-state index contributed by atoms with van der Waals surface area (Å²) in [5.74, 6) is -0.0830. The van der Waals surface area contributed by atoms with Crippen LogP contribution in [0, 0.1) is 13.8 Å². The molecule has 24 heavy (non-hydrogen) atoms. The number of aromatic nitrogens is 2. The lowest BCUT2D eigenvalue weighted by atomic mass is 10.1. The molecule has 8 heteroatoms. The van der Waals surface area contributed by atoms with E-state index in [1.54, 1.807) is 0 Å². The molecule has 1 aromatic heterocycles. The summed E-state index contributed by atoms with van der Waals surface area (Å²) in [5, 5.41) is 7.36. The molecule has 0 radical (unpaired) electrons. The van der Waals surface area contributed by atoms with E-state index in [1.807, 2.05) is 26.0 Å². The van der Waals surface area contributed by atoms with Gasteiger partial charge in [-0.2, -0.15) is 0 Å². The second kappa shape index (κ2) is 6.31. The number of rotatable bonds is 3. The Morgan fingerprint density at radius 3 is 2.92 bits per heavy atom. The number of carbonyl (C=O) groups is 3. The fourth-order valence-electron chi connectivity index (χ4n) is 2.67. The van der Waals surface area contributed by atoms with Crippen molar-refractivity contribution in [1.29, 1.82) is 0 Å². The summed E-state index contributed by atoms with van der Waals surface area (Å²) >= 11 is 0. The van der Waals surface area contributed by atoms with E-state index >= 15 is 0 Å². The van der Waals surface area contributed by atoms with Crippen molar-refractivity contribution in [2.75, 3.05) is 0 Å². The molecule has 0 spiro atoms. The summed E-state index contributed by atoms with van der Waals surface area (Å²) < 4.78 is 0. The predicted octanol–water partition coefficient (Wildman–Crippen LogP) is 0.784. The molecule has 8 nitrogen and oxygen atoms in total. The van der Waals surface area contributed by atoms with Gasteiger partial charge in [0.2, 0.25) is 11.8 Å². The van der Waals surface area contributed by atoms with E-state index in [1.165, 1.54) is 0 Å². The molecule has 0 aliphatic carbocycles. The number of nitrogens with one attached hydrogen (secondary N) is 4. The summed E-state index contributed by atoms with van der Waals surface area (Å²) in [6, 6.07) is 2.60. The molecular weight excluding hydrogens is 310 g/mol. The van der Waals surface area contributed by atoms with Crippen LogP contribution in [-0.4, -0.2) is 33.9 Å². The van der Waals surface area contributed by atoms with Gasteiger partial charge in [-0.3, -0.25) is 14.9 Å². The van der Waals surface area contributed by atoms with E-state index in [0.717, 1.165) is 22.2 Å². The minimum Gasteiger partial charge on any atom is -0.347 e. The molecular formula is C16H19N5O3. The predicted molar refractivity (Wildman–Crippen MR) is 87.1 cm³/mol. The van der Waals surface area contributed by atoms with Crippen LogP contribution in [0.3, 0.4) is 0 Å². The number of nitrogens with zero attached hydrogens (tertiary/aromatic N) is 1. The lowest BCUT2D eigenvalue weighted by Crippen LogP contribution is -2.48. The zero-order valence-corrected chi connectivity index (χ0v) is 13.5. The summed E-state index contributed by atoms with van der Waals surface area (Å²) in [7, 11) is 0. The van der Waals surface area contributed by atoms with Gasteiger partial charge in [0.05, 0.1) is 17.6 Å². The summed E-state index contributed by atoms with van der Waals surface area (Å²) in [6.45, 7) is 4.25. The number of aryl methyl sites for hydroxylation is 2. The number of aromatic amines is 1. The number of fused-ring (bicyclic) bond motifs is 1. The van der Waals surface area contributed by atoms with Crippen LogP contribution < -0.4 is 16.0 Å². The zero-order valence-electron chi connectivity index (χ0n) is 13.5. The van der Waals surface area contributed by atoms with Crippen LogP contribution >= 0.6 is 0 Å². The van der Waals surface area contributed by atoms with Crippen molar-refractivity contribution in [1.82, 2.24) is 25.9 Å². The minimum atomic E-state index is -0.732. The van der Waals surface area contributed by atoms with Crippen molar-refractivity contribution >= 4 is 28.9 Å². The molecule has 1 atom stereocenters. The normalized spacial score (nSPS) is 18.0. The Kier molecular flexibility index (Phi) is 4.20. The fourth-order valence-corrected chi connectivity index (χ4v) is 2.67. The van der Waals surface area contributed by atoms with Crippen LogP contribution in [0.15, 0.2) is 12.1 Å². The number of urea groups is 1. The molecule has 0 saturated carbocycles. The first-order valence-corrected chi connectivity index (χ1v) is 7.77. The van der Waals surface area contributed by atoms with Crippen LogP contribution in [0.25, 0.3) is 11.0 Å². The van der Waals surface area contributed by atoms with E-state index in [2.05, 4.69) is 25.9 Å². The van der Waals surface area contributed by atoms with Gasteiger partial charge < -0.3 is 15.6 Å². The van der Waals surface area contributed by atoms with Gasteiger partial charge in [0.25, 0.3) is 0 Å². The Bertz CT molecular complexity index is 826. The molecule has 2 aromatic rings. The molecule has 1 aliphatic heterocycles. The van der Waals surface area contributed by atoms with Crippen molar-refractivity contribution in [3.8, 4) is 0 Å². The van der Waals surface area contributed by atoms with Crippen molar-refractivity contribution in [2.24, 2.45) is 0 Å². The Balaban J connectivity index is 1.67. The lowest BCUT2D eigenvalue weighted by molar-refractivity contribution is -0.123. The van der Waals surface area contributed by atoms with Gasteiger partial charge in [0.1, 0.15) is 11.9 Å². The van der Waals surface area contributed by atoms with Gasteiger partial charge in [0.15, 0.2) is 0 Å². The van der Waals surface area contributed by atoms with Crippen LogP contribution in [-0.2, 0) is 16.1 Å². The number of imidazole rings is 1. The third kappa shape index (κ3) is 3.22. The highest BCUT2D eigenvalue weighted by Gasteiger charge is 2.26. The first-order chi connectivity index (χ1) is 11.4. The highest BCUT2D eigenvalue weighted by atomic mass is 16.2. The minimum absolute atomic E-state index is 0.125. The van der Waals surface area contributed by atoms with Crippen molar-refractivity contribution in [2.45, 2.75) is 39.3 Å². The molecule has 1 aromatic carbocycles. The summed E-state index contributed by atoms with van der Waals surface area (Å²) in [6.07, 6.45) is 0.391. The monoisotopic (exact) mass is 329 g/mol. The number of carbonyl (C=O) groups excluding carboxylic acids is 3. The van der Waals surface area contributed by atoms with Gasteiger partial charge in [0, 0.05) is 6.42 Å². The number of imide groups is 1. The van der Waals surface area contributed by atoms with Crippen LogP contribution in [0.1, 0.15) is 29.8 Å². The lowest BCUT2D eigenvalue weighted by Gasteiger charge is -2.14. The average molecular weight is 329 g/mol. The Hall–Kier alpha value is -2.90. The highest BCUT2D eigenvalue weighted by molar-refractivity contribution is 5.98. The Labute approximate surface area is 138 Å². The fraction of sp³-hybridized carbons (Fsp3) is 0.375. The second-order valence-electron chi connectivity index (χ2n) is 5.92. The Morgan fingerprint density at radius 2 is 2.12 bits per heavy atom. The van der Waals surface area contributed by atoms with Gasteiger partial charge in [-0.05, 0) is 37.5 Å². The molecule has 1 fully saturated rings. The number of hydrogen-bond acceptors (Lipinski definition) is 4. The molecule has 4 N–H and O–H groups in total. The number of benzene rings is 1. The zero-order chi connectivity index (χ0) is 17.3. The molecule has 1 aliphatic rings. The van der Waals surface area contributed by atoms with E-state index in [4.69, 9.17) is 0 Å². The van der Waals surface area contributed by atoms with Crippen LogP contribution in [0.4, 0.5) is 4.79 Å². The smallest absolute Gasteiger partial charge is 0.322 e. The molecule has 1 unspecified atom stereocenters. The third-order valence-electron chi connectivity index (χ3n) is 4.19. The van der Waals surface area contributed by atoms with E-state index < -0.39 is 12.1 Å². The van der Waals surface area contributed by atoms with Gasteiger partial charge in [-0.1, -0.05) is 6.07 Å². The highest BCUT2D eigenvalue weighted by Crippen LogP contribution is 2.19. The SMILES string of the molecule is Cc1ccc2[nH]c(CNC(=O)C3CCC(=O)NC(=O)N3)nc2c1C. The maximum absolute atomic E-state index is 12.2. The molecule has 126 valence electrons. The first-order valence-electron chi connectivity index (χ1n) is 7.77. The van der Waals surface area contributed by atoms with Gasteiger partial charge in [-0.25, -0.2) is 9.78 Å². The van der Waals surface area contributed by atoms with Gasteiger partial charge >= 0.3 is 6.03 Å². The number of hydrogen-bond donors (Lipinski definition) is 4. The molecule has 1 saturated heterocycles. The number of H-pyrrole nitrogens is 1. The third-order valence-corrected chi connectivity index (χ3v) is 4.19. The maximum atomic E-state index is 12.2. The van der Waals surface area contributed by atoms with Crippen molar-refractivity contribution in [3.05, 3.63) is 29.1 Å².